The number of fused-ring (bicyclic) bond motifs is 1. The van der Waals surface area contributed by atoms with E-state index in [1.54, 1.807) is 12.0 Å². The zero-order valence-electron chi connectivity index (χ0n) is 18.8. The monoisotopic (exact) mass is 430 g/mol. The molecule has 166 valence electrons. The second kappa shape index (κ2) is 9.88. The Morgan fingerprint density at radius 1 is 1.25 bits per heavy atom. The number of likely N-dealkylation sites (tertiary alicyclic amines) is 1. The first-order valence-corrected chi connectivity index (χ1v) is 11.2. The highest BCUT2D eigenvalue weighted by Crippen LogP contribution is 2.35. The Balaban J connectivity index is 1.44. The van der Waals surface area contributed by atoms with Crippen LogP contribution >= 0.6 is 0 Å². The predicted molar refractivity (Wildman–Crippen MR) is 127 cm³/mol. The van der Waals surface area contributed by atoms with Gasteiger partial charge in [0, 0.05) is 29.3 Å². The van der Waals surface area contributed by atoms with Crippen molar-refractivity contribution in [1.29, 1.82) is 5.26 Å². The predicted octanol–water partition coefficient (Wildman–Crippen LogP) is 4.69. The number of aromatic amines is 1. The van der Waals surface area contributed by atoms with Crippen LogP contribution in [0.15, 0.2) is 54.7 Å². The molecule has 0 aliphatic carbocycles. The fraction of sp³-hybridized carbons (Fsp3) is 0.385. The average Bonchev–Trinajstić information content (AvgIpc) is 3.27. The molecule has 1 aliphatic heterocycles. The van der Waals surface area contributed by atoms with E-state index in [4.69, 9.17) is 10.00 Å². The first-order chi connectivity index (χ1) is 15.6. The van der Waals surface area contributed by atoms with Gasteiger partial charge in [0.2, 0.25) is 5.91 Å². The quantitative estimate of drug-likeness (QED) is 0.590. The van der Waals surface area contributed by atoms with Gasteiger partial charge in [-0.3, -0.25) is 9.69 Å². The lowest BCUT2D eigenvalue weighted by atomic mass is 9.88. The molecule has 4 rings (SSSR count). The van der Waals surface area contributed by atoms with Crippen LogP contribution in [0.5, 0.6) is 5.75 Å². The van der Waals surface area contributed by atoms with E-state index in [0.717, 1.165) is 42.9 Å². The Morgan fingerprint density at radius 2 is 2.00 bits per heavy atom. The van der Waals surface area contributed by atoms with Crippen LogP contribution in [0.4, 0.5) is 5.69 Å². The molecule has 0 radical (unpaired) electrons. The second-order valence-electron chi connectivity index (χ2n) is 8.38. The number of methoxy groups -OCH3 is 1. The van der Waals surface area contributed by atoms with Crippen molar-refractivity contribution in [2.45, 2.75) is 38.1 Å². The van der Waals surface area contributed by atoms with Crippen molar-refractivity contribution in [3.05, 3.63) is 60.3 Å². The van der Waals surface area contributed by atoms with Crippen LogP contribution in [0.2, 0.25) is 0 Å². The SMILES string of the molecule is COc1ccc2[nH]cc(C3CCN(C(C)C(=O)N(CCC#N)c4ccccc4)CC3)c2c1. The molecule has 0 saturated carbocycles. The molecule has 1 unspecified atom stereocenters. The number of nitriles is 1. The third kappa shape index (κ3) is 4.49. The van der Waals surface area contributed by atoms with Gasteiger partial charge in [-0.1, -0.05) is 18.2 Å². The molecule has 1 aliphatic rings. The van der Waals surface area contributed by atoms with E-state index in [2.05, 4.69) is 34.3 Å². The molecule has 1 aromatic heterocycles. The summed E-state index contributed by atoms with van der Waals surface area (Å²) in [4.78, 5) is 20.8. The minimum Gasteiger partial charge on any atom is -0.497 e. The summed E-state index contributed by atoms with van der Waals surface area (Å²) in [7, 11) is 1.69. The van der Waals surface area contributed by atoms with Crippen molar-refractivity contribution in [1.82, 2.24) is 9.88 Å². The topological polar surface area (TPSA) is 72.4 Å². The summed E-state index contributed by atoms with van der Waals surface area (Å²) >= 11 is 0. The molecule has 3 aromatic rings. The van der Waals surface area contributed by atoms with E-state index in [9.17, 15) is 4.79 Å². The number of nitrogens with one attached hydrogen (secondary N) is 1. The first-order valence-electron chi connectivity index (χ1n) is 11.2. The number of nitrogens with zero attached hydrogens (tertiary/aromatic N) is 3. The zero-order chi connectivity index (χ0) is 22.5. The number of H-pyrrole nitrogens is 1. The number of anilines is 1. The second-order valence-corrected chi connectivity index (χ2v) is 8.38. The molecule has 1 saturated heterocycles. The lowest BCUT2D eigenvalue weighted by molar-refractivity contribution is -0.123. The van der Waals surface area contributed by atoms with Gasteiger partial charge in [0.1, 0.15) is 5.75 Å². The number of rotatable bonds is 7. The molecule has 1 atom stereocenters. The van der Waals surface area contributed by atoms with Crippen molar-refractivity contribution in [3.8, 4) is 11.8 Å². The molecular weight excluding hydrogens is 400 g/mol. The molecule has 1 N–H and O–H groups in total. The summed E-state index contributed by atoms with van der Waals surface area (Å²) in [5, 5.41) is 10.3. The lowest BCUT2D eigenvalue weighted by Crippen LogP contribution is -2.50. The summed E-state index contributed by atoms with van der Waals surface area (Å²) in [5.41, 5.74) is 3.31. The number of benzene rings is 2. The van der Waals surface area contributed by atoms with E-state index in [1.165, 1.54) is 10.9 Å². The smallest absolute Gasteiger partial charge is 0.244 e. The molecule has 0 spiro atoms. The van der Waals surface area contributed by atoms with Gasteiger partial charge in [0.15, 0.2) is 0 Å². The van der Waals surface area contributed by atoms with Crippen LogP contribution in [-0.4, -0.2) is 48.6 Å². The summed E-state index contributed by atoms with van der Waals surface area (Å²) in [6, 6.07) is 17.7. The van der Waals surface area contributed by atoms with Crippen molar-refractivity contribution in [2.24, 2.45) is 0 Å². The van der Waals surface area contributed by atoms with Crippen LogP contribution in [0, 0.1) is 11.3 Å². The number of para-hydroxylation sites is 1. The molecule has 6 heteroatoms. The van der Waals surface area contributed by atoms with Crippen molar-refractivity contribution in [2.75, 3.05) is 31.6 Å². The standard InChI is InChI=1S/C26H30N4O2/c1-19(26(31)30(14-6-13-27)21-7-4-3-5-8-21)29-15-11-20(12-16-29)24-18-28-25-10-9-22(32-2)17-23(24)25/h3-5,7-10,17-20,28H,6,11-12,14-16H2,1-2H3. The largest absolute Gasteiger partial charge is 0.497 e. The number of ether oxygens (including phenoxy) is 1. The van der Waals surface area contributed by atoms with E-state index in [-0.39, 0.29) is 11.9 Å². The van der Waals surface area contributed by atoms with Crippen molar-refractivity contribution < 1.29 is 9.53 Å². The summed E-state index contributed by atoms with van der Waals surface area (Å²) in [6.45, 7) is 4.14. The Hall–Kier alpha value is -3.30. The molecule has 1 fully saturated rings. The van der Waals surface area contributed by atoms with Gasteiger partial charge in [-0.2, -0.15) is 5.26 Å². The third-order valence-corrected chi connectivity index (χ3v) is 6.58. The van der Waals surface area contributed by atoms with Crippen LogP contribution in [0.3, 0.4) is 0 Å². The van der Waals surface area contributed by atoms with Gasteiger partial charge in [-0.05, 0) is 74.7 Å². The average molecular weight is 431 g/mol. The highest BCUT2D eigenvalue weighted by atomic mass is 16.5. The number of hydrogen-bond acceptors (Lipinski definition) is 4. The van der Waals surface area contributed by atoms with Gasteiger partial charge in [-0.15, -0.1) is 0 Å². The Kier molecular flexibility index (Phi) is 6.77. The number of hydrogen-bond donors (Lipinski definition) is 1. The van der Waals surface area contributed by atoms with E-state index < -0.39 is 0 Å². The van der Waals surface area contributed by atoms with Crippen LogP contribution in [0.25, 0.3) is 10.9 Å². The van der Waals surface area contributed by atoms with E-state index >= 15 is 0 Å². The van der Waals surface area contributed by atoms with Gasteiger partial charge in [-0.25, -0.2) is 0 Å². The van der Waals surface area contributed by atoms with Crippen molar-refractivity contribution >= 4 is 22.5 Å². The van der Waals surface area contributed by atoms with E-state index in [1.807, 2.05) is 43.3 Å². The fourth-order valence-corrected chi connectivity index (χ4v) is 4.70. The summed E-state index contributed by atoms with van der Waals surface area (Å²) < 4.78 is 5.41. The fourth-order valence-electron chi connectivity index (χ4n) is 4.70. The molecule has 32 heavy (non-hydrogen) atoms. The minimum atomic E-state index is -0.224. The Bertz CT molecular complexity index is 1090. The van der Waals surface area contributed by atoms with Crippen LogP contribution < -0.4 is 9.64 Å². The van der Waals surface area contributed by atoms with E-state index in [0.29, 0.717) is 18.9 Å². The van der Waals surface area contributed by atoms with Crippen LogP contribution in [-0.2, 0) is 4.79 Å². The molecule has 0 bridgehead atoms. The summed E-state index contributed by atoms with van der Waals surface area (Å²) in [5.74, 6) is 1.38. The Labute approximate surface area is 189 Å². The highest BCUT2D eigenvalue weighted by Gasteiger charge is 2.31. The maximum Gasteiger partial charge on any atom is 0.244 e. The molecular formula is C26H30N4O2. The van der Waals surface area contributed by atoms with Crippen LogP contribution in [0.1, 0.15) is 37.7 Å². The Morgan fingerprint density at radius 3 is 2.69 bits per heavy atom. The zero-order valence-corrected chi connectivity index (χ0v) is 18.8. The van der Waals surface area contributed by atoms with Gasteiger partial charge in [0.05, 0.1) is 25.6 Å². The molecule has 6 nitrogen and oxygen atoms in total. The van der Waals surface area contributed by atoms with Gasteiger partial charge in [0.25, 0.3) is 0 Å². The summed E-state index contributed by atoms with van der Waals surface area (Å²) in [6.07, 6.45) is 4.45. The number of carbonyl (C=O) groups is 1. The first kappa shape index (κ1) is 21.9. The van der Waals surface area contributed by atoms with Gasteiger partial charge >= 0.3 is 0 Å². The maximum absolute atomic E-state index is 13.4. The molecule has 1 amide bonds. The lowest BCUT2D eigenvalue weighted by Gasteiger charge is -2.37. The molecule has 2 heterocycles. The number of piperidine rings is 1. The maximum atomic E-state index is 13.4. The minimum absolute atomic E-state index is 0.0572. The number of aromatic nitrogens is 1. The number of carbonyl (C=O) groups excluding carboxylic acids is 1. The molecule has 2 aromatic carbocycles. The van der Waals surface area contributed by atoms with Crippen molar-refractivity contribution in [3.63, 3.8) is 0 Å². The number of amides is 1. The normalized spacial score (nSPS) is 15.9. The highest BCUT2D eigenvalue weighted by molar-refractivity contribution is 5.97. The van der Waals surface area contributed by atoms with Gasteiger partial charge < -0.3 is 14.6 Å². The third-order valence-electron chi connectivity index (χ3n) is 6.58.